The standard InChI is InChI=1S/C26H35N5O3SSi/c1-36(2,3)15-14-34-18-31-25(29-26(30-31)35(32,33)17-19-10-12-27-13-11-19)28-24-22-8-4-6-20(22)16-21-7-5-9-23(21)24/h10-13,16H,4-9,14-15,17-18H2,1-3H3,(H,28,29,30). The van der Waals surface area contributed by atoms with Gasteiger partial charge in [0.05, 0.1) is 5.75 Å². The molecule has 0 saturated heterocycles. The van der Waals surface area contributed by atoms with E-state index in [4.69, 9.17) is 4.74 Å². The molecule has 2 aliphatic rings. The summed E-state index contributed by atoms with van der Waals surface area (Å²) in [7, 11) is -4.99. The lowest BCUT2D eigenvalue weighted by molar-refractivity contribution is 0.0792. The van der Waals surface area contributed by atoms with Crippen LogP contribution in [-0.4, -0.2) is 42.8 Å². The van der Waals surface area contributed by atoms with Gasteiger partial charge in [-0.3, -0.25) is 4.98 Å². The van der Waals surface area contributed by atoms with E-state index >= 15 is 0 Å². The highest BCUT2D eigenvalue weighted by atomic mass is 32.2. The molecule has 2 heterocycles. The third kappa shape index (κ3) is 5.55. The number of nitrogens with zero attached hydrogens (tertiary/aromatic N) is 4. The van der Waals surface area contributed by atoms with Crippen LogP contribution >= 0.6 is 0 Å². The van der Waals surface area contributed by atoms with Crippen LogP contribution in [0.5, 0.6) is 0 Å². The van der Waals surface area contributed by atoms with E-state index in [9.17, 15) is 8.42 Å². The first-order valence-corrected chi connectivity index (χ1v) is 18.1. The number of sulfone groups is 1. The average Bonchev–Trinajstić information content (AvgIpc) is 3.56. The average molecular weight is 526 g/mol. The molecular formula is C26H35N5O3SSi. The lowest BCUT2D eigenvalue weighted by atomic mass is 9.99. The molecule has 0 unspecified atom stereocenters. The Morgan fingerprint density at radius 2 is 1.69 bits per heavy atom. The normalized spacial score (nSPS) is 15.2. The summed E-state index contributed by atoms with van der Waals surface area (Å²) in [5.41, 5.74) is 7.24. The molecule has 36 heavy (non-hydrogen) atoms. The van der Waals surface area contributed by atoms with E-state index in [0.717, 1.165) is 50.3 Å². The first kappa shape index (κ1) is 25.1. The monoisotopic (exact) mass is 525 g/mol. The molecule has 0 amide bonds. The lowest BCUT2D eigenvalue weighted by Gasteiger charge is -2.18. The van der Waals surface area contributed by atoms with E-state index in [-0.39, 0.29) is 17.6 Å². The maximum atomic E-state index is 13.2. The Bertz CT molecular complexity index is 1320. The van der Waals surface area contributed by atoms with Crippen molar-refractivity contribution in [2.24, 2.45) is 0 Å². The number of ether oxygens (including phenoxy) is 1. The van der Waals surface area contributed by atoms with Gasteiger partial charge in [0, 0.05) is 32.8 Å². The number of hydrogen-bond acceptors (Lipinski definition) is 7. The van der Waals surface area contributed by atoms with Crippen LogP contribution in [0.2, 0.25) is 25.7 Å². The predicted molar refractivity (Wildman–Crippen MR) is 143 cm³/mol. The minimum Gasteiger partial charge on any atom is -0.359 e. The Morgan fingerprint density at radius 1 is 1.03 bits per heavy atom. The quantitative estimate of drug-likeness (QED) is 0.303. The highest BCUT2D eigenvalue weighted by molar-refractivity contribution is 7.90. The highest BCUT2D eigenvalue weighted by Crippen LogP contribution is 2.39. The summed E-state index contributed by atoms with van der Waals surface area (Å²) < 4.78 is 34.0. The fraction of sp³-hybridized carbons (Fsp3) is 0.500. The molecule has 2 aliphatic carbocycles. The number of pyridine rings is 1. The van der Waals surface area contributed by atoms with E-state index in [1.807, 2.05) is 0 Å². The summed E-state index contributed by atoms with van der Waals surface area (Å²) in [5, 5.41) is 7.77. The van der Waals surface area contributed by atoms with Crippen LogP contribution in [-0.2, 0) is 52.7 Å². The van der Waals surface area contributed by atoms with Gasteiger partial charge in [0.1, 0.15) is 6.73 Å². The Labute approximate surface area is 214 Å². The Hall–Kier alpha value is -2.56. The summed E-state index contributed by atoms with van der Waals surface area (Å²) in [6.45, 7) is 7.68. The Kier molecular flexibility index (Phi) is 7.02. The third-order valence-electron chi connectivity index (χ3n) is 6.96. The van der Waals surface area contributed by atoms with Gasteiger partial charge in [-0.1, -0.05) is 25.7 Å². The minimum atomic E-state index is -3.74. The molecule has 2 aromatic heterocycles. The summed E-state index contributed by atoms with van der Waals surface area (Å²) in [6.07, 6.45) is 9.71. The van der Waals surface area contributed by atoms with E-state index < -0.39 is 17.9 Å². The van der Waals surface area contributed by atoms with Crippen molar-refractivity contribution in [2.45, 2.75) is 81.9 Å². The zero-order chi connectivity index (χ0) is 25.3. The van der Waals surface area contributed by atoms with Gasteiger partial charge in [0.15, 0.2) is 0 Å². The van der Waals surface area contributed by atoms with Gasteiger partial charge in [-0.05, 0) is 84.5 Å². The van der Waals surface area contributed by atoms with Crippen molar-refractivity contribution < 1.29 is 13.2 Å². The molecular weight excluding hydrogens is 490 g/mol. The van der Waals surface area contributed by atoms with Crippen LogP contribution in [0.1, 0.15) is 40.7 Å². The van der Waals surface area contributed by atoms with E-state index in [1.165, 1.54) is 22.3 Å². The van der Waals surface area contributed by atoms with Crippen LogP contribution in [0.15, 0.2) is 35.7 Å². The summed E-state index contributed by atoms with van der Waals surface area (Å²) in [5.74, 6) is 0.247. The van der Waals surface area contributed by atoms with Gasteiger partial charge < -0.3 is 10.1 Å². The predicted octanol–water partition coefficient (Wildman–Crippen LogP) is 4.68. The number of hydrogen-bond donors (Lipinski definition) is 1. The van der Waals surface area contributed by atoms with Crippen LogP contribution in [0.4, 0.5) is 11.6 Å². The molecule has 5 rings (SSSR count). The van der Waals surface area contributed by atoms with Crippen molar-refractivity contribution in [1.29, 1.82) is 0 Å². The zero-order valence-electron chi connectivity index (χ0n) is 21.4. The number of nitrogens with one attached hydrogen (secondary N) is 1. The SMILES string of the molecule is C[Si](C)(C)CCOCn1nc(S(=O)(=O)Cc2ccncc2)nc1Nc1c2c(cc3c1CCC3)CCC2. The minimum absolute atomic E-state index is 0.155. The van der Waals surface area contributed by atoms with Crippen molar-refractivity contribution in [2.75, 3.05) is 11.9 Å². The first-order valence-electron chi connectivity index (χ1n) is 12.8. The summed E-state index contributed by atoms with van der Waals surface area (Å²) in [6, 6.07) is 6.80. The lowest BCUT2D eigenvalue weighted by Crippen LogP contribution is -2.22. The molecule has 0 saturated carbocycles. The molecule has 0 bridgehead atoms. The maximum absolute atomic E-state index is 13.2. The van der Waals surface area contributed by atoms with Crippen LogP contribution in [0.3, 0.4) is 0 Å². The van der Waals surface area contributed by atoms with Gasteiger partial charge in [-0.25, -0.2) is 13.1 Å². The molecule has 0 spiro atoms. The van der Waals surface area contributed by atoms with Crippen molar-refractivity contribution >= 4 is 29.5 Å². The van der Waals surface area contributed by atoms with E-state index in [0.29, 0.717) is 18.1 Å². The van der Waals surface area contributed by atoms with Gasteiger partial charge in [-0.15, -0.1) is 5.10 Å². The van der Waals surface area contributed by atoms with Crippen LogP contribution < -0.4 is 5.32 Å². The van der Waals surface area contributed by atoms with E-state index in [1.54, 1.807) is 29.2 Å². The Morgan fingerprint density at radius 3 is 2.33 bits per heavy atom. The molecule has 0 radical (unpaired) electrons. The number of aromatic nitrogens is 4. The molecule has 1 N–H and O–H groups in total. The molecule has 0 aliphatic heterocycles. The van der Waals surface area contributed by atoms with Crippen LogP contribution in [0, 0.1) is 0 Å². The van der Waals surface area contributed by atoms with Crippen molar-refractivity contribution in [3.05, 3.63) is 58.4 Å². The van der Waals surface area contributed by atoms with Gasteiger partial charge in [-0.2, -0.15) is 4.98 Å². The van der Waals surface area contributed by atoms with Gasteiger partial charge in [0.2, 0.25) is 15.8 Å². The van der Waals surface area contributed by atoms with Crippen molar-refractivity contribution in [1.82, 2.24) is 19.7 Å². The number of rotatable bonds is 10. The molecule has 0 fully saturated rings. The largest absolute Gasteiger partial charge is 0.359 e. The highest BCUT2D eigenvalue weighted by Gasteiger charge is 2.28. The second-order valence-corrected chi connectivity index (χ2v) is 18.5. The summed E-state index contributed by atoms with van der Waals surface area (Å²) >= 11 is 0. The number of anilines is 2. The summed E-state index contributed by atoms with van der Waals surface area (Å²) in [4.78, 5) is 8.49. The third-order valence-corrected chi connectivity index (χ3v) is 10.1. The molecule has 1 aromatic carbocycles. The Balaban J connectivity index is 1.46. The molecule has 8 nitrogen and oxygen atoms in total. The fourth-order valence-corrected chi connectivity index (χ4v) is 6.97. The van der Waals surface area contributed by atoms with Crippen LogP contribution in [0.25, 0.3) is 0 Å². The zero-order valence-corrected chi connectivity index (χ0v) is 23.2. The van der Waals surface area contributed by atoms with Crippen molar-refractivity contribution in [3.8, 4) is 0 Å². The topological polar surface area (TPSA) is 99.0 Å². The second-order valence-electron chi connectivity index (χ2n) is 11.0. The number of fused-ring (bicyclic) bond motifs is 2. The van der Waals surface area contributed by atoms with E-state index in [2.05, 4.69) is 46.1 Å². The first-order chi connectivity index (χ1) is 17.2. The number of aryl methyl sites for hydroxylation is 2. The van der Waals surface area contributed by atoms with Gasteiger partial charge in [0.25, 0.3) is 5.16 Å². The second kappa shape index (κ2) is 10.1. The van der Waals surface area contributed by atoms with Crippen molar-refractivity contribution in [3.63, 3.8) is 0 Å². The van der Waals surface area contributed by atoms with Gasteiger partial charge >= 0.3 is 0 Å². The molecule has 0 atom stereocenters. The molecule has 192 valence electrons. The fourth-order valence-electron chi connectivity index (χ4n) is 5.01. The molecule has 10 heteroatoms. The maximum Gasteiger partial charge on any atom is 0.269 e. The number of benzene rings is 1. The molecule has 3 aromatic rings. The smallest absolute Gasteiger partial charge is 0.269 e.